The van der Waals surface area contributed by atoms with Gasteiger partial charge in [-0.3, -0.25) is 0 Å². The van der Waals surface area contributed by atoms with Gasteiger partial charge >= 0.3 is 24.1 Å². The Hall–Kier alpha value is -2.59. The maximum Gasteiger partial charge on any atom is 0.435 e. The summed E-state index contributed by atoms with van der Waals surface area (Å²) in [5.74, 6) is 0. The summed E-state index contributed by atoms with van der Waals surface area (Å²) in [6.07, 6.45) is -15.8. The summed E-state index contributed by atoms with van der Waals surface area (Å²) in [6, 6.07) is 13.8. The van der Waals surface area contributed by atoms with Crippen LogP contribution in [0.1, 0.15) is 16.1 Å². The quantitative estimate of drug-likeness (QED) is 0.151. The Morgan fingerprint density at radius 1 is 0.814 bits per heavy atom. The van der Waals surface area contributed by atoms with Crippen molar-refractivity contribution in [1.82, 2.24) is 10.3 Å². The molecule has 0 radical (unpaired) electrons. The molecule has 0 amide bonds. The molecule has 0 aliphatic carbocycles. The first-order valence-corrected chi connectivity index (χ1v) is 13.3. The molecule has 0 saturated carbocycles. The minimum Gasteiger partial charge on any atom is -0.380 e. The fraction of sp³-hybridized carbons (Fsp3) is 0.444. The van der Waals surface area contributed by atoms with E-state index in [0.29, 0.717) is 6.42 Å². The maximum absolute atomic E-state index is 12.8. The second-order valence-electron chi connectivity index (χ2n) is 9.31. The average molecular weight is 666 g/mol. The third-order valence-corrected chi connectivity index (χ3v) is 7.03. The Bertz CT molecular complexity index is 1290. The highest BCUT2D eigenvalue weighted by Crippen LogP contribution is 2.54. The van der Waals surface area contributed by atoms with Gasteiger partial charge in [0.1, 0.15) is 5.01 Å². The van der Waals surface area contributed by atoms with E-state index in [4.69, 9.17) is 4.74 Å². The lowest BCUT2D eigenvalue weighted by Crippen LogP contribution is -2.68. The number of hydrogen-bond acceptors (Lipinski definition) is 6. The van der Waals surface area contributed by atoms with Gasteiger partial charge in [0.05, 0.1) is 30.0 Å². The smallest absolute Gasteiger partial charge is 0.380 e. The van der Waals surface area contributed by atoms with Gasteiger partial charge in [-0.05, 0) is 47.9 Å². The molecule has 1 heterocycles. The Morgan fingerprint density at radius 3 is 2.00 bits per heavy atom. The lowest BCUT2D eigenvalue weighted by molar-refractivity contribution is -0.457. The molecule has 2 aromatic carbocycles. The van der Waals surface area contributed by atoms with Gasteiger partial charge in [0.2, 0.25) is 0 Å². The number of rotatable bonds is 13. The molecular formula is C27H29ClF9N3O2S. The van der Waals surface area contributed by atoms with Gasteiger partial charge in [0.15, 0.2) is 0 Å². The van der Waals surface area contributed by atoms with Gasteiger partial charge < -0.3 is 19.7 Å². The predicted molar refractivity (Wildman–Crippen MR) is 151 cm³/mol. The third kappa shape index (κ3) is 9.20. The molecule has 0 aliphatic rings. The van der Waals surface area contributed by atoms with Gasteiger partial charge in [0.25, 0.3) is 0 Å². The zero-order chi connectivity index (χ0) is 31.2. The van der Waals surface area contributed by atoms with Crippen LogP contribution in [-0.2, 0) is 15.9 Å². The Morgan fingerprint density at radius 2 is 1.42 bits per heavy atom. The first kappa shape index (κ1) is 36.6. The van der Waals surface area contributed by atoms with Crippen LogP contribution in [-0.4, -0.2) is 76.1 Å². The highest BCUT2D eigenvalue weighted by Gasteiger charge is 2.85. The van der Waals surface area contributed by atoms with Crippen LogP contribution in [0.15, 0.2) is 42.5 Å². The fourth-order valence-electron chi connectivity index (χ4n) is 3.83. The second kappa shape index (κ2) is 14.9. The number of hydrogen-bond donors (Lipinski definition) is 1. The van der Waals surface area contributed by atoms with Crippen LogP contribution < -0.4 is 10.2 Å². The number of aromatic nitrogens is 1. The average Bonchev–Trinajstić information content (AvgIpc) is 3.28. The number of alkyl halides is 9. The molecule has 43 heavy (non-hydrogen) atoms. The lowest BCUT2D eigenvalue weighted by Gasteiger charge is -2.38. The second-order valence-corrected chi connectivity index (χ2v) is 10.4. The summed E-state index contributed by atoms with van der Waals surface area (Å²) in [4.78, 5) is 6.61. The van der Waals surface area contributed by atoms with E-state index in [9.17, 15) is 39.5 Å². The number of ether oxygens (including phenoxy) is 2. The minimum absolute atomic E-state index is 0. The molecule has 3 rings (SSSR count). The normalized spacial score (nSPS) is 13.1. The molecule has 240 valence electrons. The Balaban J connectivity index is 0.00000645. The van der Waals surface area contributed by atoms with E-state index in [0.717, 1.165) is 32.0 Å². The minimum atomic E-state index is -6.74. The molecule has 0 unspecified atom stereocenters. The number of halogens is 10. The number of nitrogens with zero attached hydrogens (tertiary/aromatic N) is 2. The molecule has 1 aromatic heterocycles. The van der Waals surface area contributed by atoms with E-state index >= 15 is 0 Å². The number of anilines is 1. The number of benzene rings is 2. The van der Waals surface area contributed by atoms with Crippen molar-refractivity contribution in [2.75, 3.05) is 51.9 Å². The van der Waals surface area contributed by atoms with Crippen molar-refractivity contribution in [1.29, 1.82) is 0 Å². The fourth-order valence-corrected chi connectivity index (χ4v) is 4.76. The topological polar surface area (TPSA) is 46.6 Å². The highest BCUT2D eigenvalue weighted by molar-refractivity contribution is 7.19. The van der Waals surface area contributed by atoms with Crippen molar-refractivity contribution in [2.45, 2.75) is 30.6 Å². The van der Waals surface area contributed by atoms with Crippen molar-refractivity contribution in [3.05, 3.63) is 58.6 Å². The van der Waals surface area contributed by atoms with Gasteiger partial charge in [-0.1, -0.05) is 24.3 Å². The molecule has 0 bridgehead atoms. The molecule has 3 aromatic rings. The predicted octanol–water partition coefficient (Wildman–Crippen LogP) is 7.55. The summed E-state index contributed by atoms with van der Waals surface area (Å²) in [7, 11) is 3.94. The van der Waals surface area contributed by atoms with Crippen LogP contribution in [0.3, 0.4) is 0 Å². The molecule has 16 heteroatoms. The number of fused-ring (bicyclic) bond motifs is 1. The van der Waals surface area contributed by atoms with E-state index in [1.165, 1.54) is 11.3 Å². The molecule has 1 N–H and O–H groups in total. The standard InChI is InChI=1S/C27H28F9N3O2S.ClH/c1-39(2)20-7-3-18(4-8-20)6-10-23-38-21-9-5-19(17-22(21)42-23)11-14-40-15-12-37-13-16-41-24(25(28,29)30,26(31,32)33)27(34,35)36;/h3-10,17,37H,11-16H2,1-2H3;1H/b10-6+;. The summed E-state index contributed by atoms with van der Waals surface area (Å²) in [6.45, 7) is -1.91. The van der Waals surface area contributed by atoms with E-state index in [-0.39, 0.29) is 32.2 Å². The molecule has 0 atom stereocenters. The number of nitrogens with one attached hydrogen (secondary N) is 1. The van der Waals surface area contributed by atoms with Crippen molar-refractivity contribution in [2.24, 2.45) is 0 Å². The number of thiazole rings is 1. The SMILES string of the molecule is CN(C)c1ccc(/C=C/c2nc3ccc(CCOCCNCCOC(C(F)(F)F)(C(F)(F)F)C(F)(F)F)cc3s2)cc1.Cl. The first-order chi connectivity index (χ1) is 19.5. The van der Waals surface area contributed by atoms with E-state index in [2.05, 4.69) is 15.0 Å². The van der Waals surface area contributed by atoms with Crippen LogP contribution >= 0.6 is 23.7 Å². The van der Waals surface area contributed by atoms with Crippen molar-refractivity contribution in [3.8, 4) is 0 Å². The maximum atomic E-state index is 12.8. The monoisotopic (exact) mass is 665 g/mol. The van der Waals surface area contributed by atoms with Crippen LogP contribution in [0.2, 0.25) is 0 Å². The molecule has 0 aliphatic heterocycles. The first-order valence-electron chi connectivity index (χ1n) is 12.5. The summed E-state index contributed by atoms with van der Waals surface area (Å²) in [5.41, 5.74) is -2.33. The lowest BCUT2D eigenvalue weighted by atomic mass is 10.0. The van der Waals surface area contributed by atoms with E-state index in [1.807, 2.05) is 73.6 Å². The van der Waals surface area contributed by atoms with Crippen LogP contribution in [0.4, 0.5) is 45.2 Å². The largest absolute Gasteiger partial charge is 0.435 e. The molecule has 5 nitrogen and oxygen atoms in total. The van der Waals surface area contributed by atoms with Gasteiger partial charge in [0, 0.05) is 32.9 Å². The molecule has 0 spiro atoms. The van der Waals surface area contributed by atoms with Crippen molar-refractivity contribution >= 4 is 51.8 Å². The van der Waals surface area contributed by atoms with Gasteiger partial charge in [-0.25, -0.2) is 4.98 Å². The van der Waals surface area contributed by atoms with Crippen molar-refractivity contribution in [3.63, 3.8) is 0 Å². The van der Waals surface area contributed by atoms with E-state index < -0.39 is 37.3 Å². The zero-order valence-electron chi connectivity index (χ0n) is 22.9. The molecule has 0 fully saturated rings. The van der Waals surface area contributed by atoms with Crippen LogP contribution in [0, 0.1) is 0 Å². The Labute approximate surface area is 252 Å². The van der Waals surface area contributed by atoms with Gasteiger partial charge in [-0.2, -0.15) is 39.5 Å². The Kier molecular flexibility index (Phi) is 12.7. The van der Waals surface area contributed by atoms with Crippen LogP contribution in [0.25, 0.3) is 22.4 Å². The third-order valence-electron chi connectivity index (χ3n) is 6.05. The molecular weight excluding hydrogens is 637 g/mol. The van der Waals surface area contributed by atoms with Crippen molar-refractivity contribution < 1.29 is 49.0 Å². The zero-order valence-corrected chi connectivity index (χ0v) is 24.5. The highest BCUT2D eigenvalue weighted by atomic mass is 35.5. The summed E-state index contributed by atoms with van der Waals surface area (Å²) in [5, 5.41) is 3.24. The summed E-state index contributed by atoms with van der Waals surface area (Å²) < 4.78 is 125. The van der Waals surface area contributed by atoms with E-state index in [1.54, 1.807) is 0 Å². The summed E-state index contributed by atoms with van der Waals surface area (Å²) >= 11 is 1.52. The van der Waals surface area contributed by atoms with Gasteiger partial charge in [-0.15, -0.1) is 23.7 Å². The molecule has 0 saturated heterocycles. The van der Waals surface area contributed by atoms with Crippen LogP contribution in [0.5, 0.6) is 0 Å².